The van der Waals surface area contributed by atoms with Crippen molar-refractivity contribution in [3.63, 3.8) is 0 Å². The van der Waals surface area contributed by atoms with Gasteiger partial charge in [-0.25, -0.2) is 19.3 Å². The van der Waals surface area contributed by atoms with Gasteiger partial charge in [-0.15, -0.1) is 0 Å². The molecule has 2 saturated heterocycles. The van der Waals surface area contributed by atoms with Gasteiger partial charge in [0.25, 0.3) is 0 Å². The Morgan fingerprint density at radius 3 is 2.59 bits per heavy atom. The van der Waals surface area contributed by atoms with E-state index in [1.165, 1.54) is 0 Å². The molecule has 0 spiro atoms. The molecule has 3 atom stereocenters. The average Bonchev–Trinajstić information content (AvgIpc) is 3.26. The lowest BCUT2D eigenvalue weighted by atomic mass is 9.99. The maximum atomic E-state index is 13.0. The summed E-state index contributed by atoms with van der Waals surface area (Å²) in [5, 5.41) is 13.0. The highest BCUT2D eigenvalue weighted by molar-refractivity contribution is 7.89. The number of nitrogens with one attached hydrogen (secondary N) is 3. The number of hydrogen-bond acceptors (Lipinski definition) is 6. The van der Waals surface area contributed by atoms with Crippen LogP contribution in [0.2, 0.25) is 0 Å². The summed E-state index contributed by atoms with van der Waals surface area (Å²) in [4.78, 5) is 12.9. The summed E-state index contributed by atoms with van der Waals surface area (Å²) in [5.41, 5.74) is 8.36. The Kier molecular flexibility index (Phi) is 6.52. The Bertz CT molecular complexity index is 1090. The minimum atomic E-state index is -3.54. The number of hydrazine groups is 1. The number of benzene rings is 2. The van der Waals surface area contributed by atoms with Gasteiger partial charge in [0.15, 0.2) is 0 Å². The predicted molar refractivity (Wildman–Crippen MR) is 123 cm³/mol. The van der Waals surface area contributed by atoms with Gasteiger partial charge >= 0.3 is 0 Å². The van der Waals surface area contributed by atoms with Gasteiger partial charge in [-0.05, 0) is 63.4 Å². The Hall–Kier alpha value is -2.46. The van der Waals surface area contributed by atoms with Crippen molar-refractivity contribution in [3.05, 3.63) is 53.6 Å². The Morgan fingerprint density at radius 2 is 1.88 bits per heavy atom. The summed E-state index contributed by atoms with van der Waals surface area (Å²) < 4.78 is 27.5. The number of phenolic OH excluding ortho intramolecular Hbond substituents is 1. The van der Waals surface area contributed by atoms with Crippen LogP contribution in [0, 0.1) is 6.92 Å². The number of sulfonamides is 1. The predicted octanol–water partition coefficient (Wildman–Crippen LogP) is 2.81. The van der Waals surface area contributed by atoms with Crippen molar-refractivity contribution in [2.75, 3.05) is 11.9 Å². The van der Waals surface area contributed by atoms with Crippen LogP contribution in [0.25, 0.3) is 0 Å². The molecule has 2 aliphatic rings. The zero-order valence-electron chi connectivity index (χ0n) is 18.3. The minimum Gasteiger partial charge on any atom is -0.508 e. The number of carbonyl (C=O) groups excluding carboxylic acids is 1. The maximum absolute atomic E-state index is 13.0. The first kappa shape index (κ1) is 22.7. The van der Waals surface area contributed by atoms with Gasteiger partial charge in [-0.3, -0.25) is 4.79 Å². The summed E-state index contributed by atoms with van der Waals surface area (Å²) in [6.07, 6.45) is 3.27. The zero-order chi connectivity index (χ0) is 22.9. The minimum absolute atomic E-state index is 0.00476. The Morgan fingerprint density at radius 1 is 1.12 bits per heavy atom. The third-order valence-corrected chi connectivity index (χ3v) is 8.28. The van der Waals surface area contributed by atoms with Crippen molar-refractivity contribution in [2.45, 2.75) is 62.6 Å². The molecule has 2 fully saturated rings. The number of carbonyl (C=O) groups is 1. The highest BCUT2D eigenvalue weighted by atomic mass is 32.2. The first-order chi connectivity index (χ1) is 15.3. The fraction of sp³-hybridized carbons (Fsp3) is 0.435. The van der Waals surface area contributed by atoms with E-state index >= 15 is 0 Å². The molecule has 172 valence electrons. The molecule has 2 aromatic carbocycles. The van der Waals surface area contributed by atoms with Crippen LogP contribution in [0.4, 0.5) is 5.69 Å². The third-order valence-electron chi connectivity index (χ3n) is 6.25. The number of aromatic hydroxyl groups is 1. The van der Waals surface area contributed by atoms with Crippen molar-refractivity contribution in [3.8, 4) is 5.75 Å². The lowest BCUT2D eigenvalue weighted by Crippen LogP contribution is -2.41. The van der Waals surface area contributed by atoms with Crippen LogP contribution in [-0.2, 0) is 14.8 Å². The summed E-state index contributed by atoms with van der Waals surface area (Å²) in [6.45, 7) is 4.43. The molecule has 0 bridgehead atoms. The van der Waals surface area contributed by atoms with Gasteiger partial charge in [0.2, 0.25) is 15.9 Å². The molecule has 2 aromatic rings. The molecule has 0 aromatic heterocycles. The van der Waals surface area contributed by atoms with Crippen LogP contribution in [0.3, 0.4) is 0 Å². The lowest BCUT2D eigenvalue weighted by molar-refractivity contribution is -0.117. The number of amides is 1. The highest BCUT2D eigenvalue weighted by Gasteiger charge is 2.32. The van der Waals surface area contributed by atoms with Crippen molar-refractivity contribution < 1.29 is 18.3 Å². The summed E-state index contributed by atoms with van der Waals surface area (Å²) in [6, 6.07) is 11.0. The average molecular weight is 459 g/mol. The molecule has 8 nitrogen and oxygen atoms in total. The van der Waals surface area contributed by atoms with E-state index in [1.54, 1.807) is 34.6 Å². The first-order valence-electron chi connectivity index (χ1n) is 11.0. The van der Waals surface area contributed by atoms with Crippen LogP contribution in [0.5, 0.6) is 5.75 Å². The van der Waals surface area contributed by atoms with E-state index < -0.39 is 16.1 Å². The van der Waals surface area contributed by atoms with Crippen molar-refractivity contribution in [1.82, 2.24) is 15.2 Å². The topological polar surface area (TPSA) is 111 Å². The number of phenols is 1. The largest absolute Gasteiger partial charge is 0.508 e. The van der Waals surface area contributed by atoms with E-state index in [0.717, 1.165) is 30.4 Å². The number of nitrogens with zero attached hydrogens (tertiary/aromatic N) is 1. The smallest absolute Gasteiger partial charge is 0.243 e. The Balaban J connectivity index is 1.39. The molecule has 2 aliphatic heterocycles. The van der Waals surface area contributed by atoms with E-state index in [-0.39, 0.29) is 28.6 Å². The Labute approximate surface area is 189 Å². The molecule has 9 heteroatoms. The SMILES string of the molecule is Cc1ccc(O)c(C2CC(C(=O)Nc3ccc(S(=O)(=O)N4CCCCC4C)cc3)NN2)c1. The summed E-state index contributed by atoms with van der Waals surface area (Å²) in [5.74, 6) is -0.0387. The molecule has 4 N–H and O–H groups in total. The summed E-state index contributed by atoms with van der Waals surface area (Å²) >= 11 is 0. The molecule has 1 amide bonds. The van der Waals surface area contributed by atoms with Gasteiger partial charge in [0.05, 0.1) is 10.9 Å². The number of anilines is 1. The number of aryl methyl sites for hydroxylation is 1. The zero-order valence-corrected chi connectivity index (χ0v) is 19.2. The molecule has 32 heavy (non-hydrogen) atoms. The van der Waals surface area contributed by atoms with Crippen LogP contribution in [0.15, 0.2) is 47.4 Å². The molecule has 2 heterocycles. The lowest BCUT2D eigenvalue weighted by Gasteiger charge is -2.32. The van der Waals surface area contributed by atoms with Crippen LogP contribution in [-0.4, -0.2) is 42.4 Å². The standard InChI is InChI=1S/C23H30N4O4S/c1-15-6-11-22(28)19(13-15)20-14-21(26-25-20)23(29)24-17-7-9-18(10-8-17)32(30,31)27-12-4-3-5-16(27)2/h6-11,13,16,20-21,25-26,28H,3-5,12,14H2,1-2H3,(H,24,29). The monoisotopic (exact) mass is 458 g/mol. The molecule has 0 saturated carbocycles. The van der Waals surface area contributed by atoms with E-state index in [2.05, 4.69) is 16.2 Å². The number of rotatable bonds is 5. The number of hydrogen-bond donors (Lipinski definition) is 4. The normalized spacial score (nSPS) is 24.4. The molecular formula is C23H30N4O4S. The second-order valence-electron chi connectivity index (χ2n) is 8.67. The van der Waals surface area contributed by atoms with Gasteiger partial charge in [-0.1, -0.05) is 24.1 Å². The third kappa shape index (κ3) is 4.66. The van der Waals surface area contributed by atoms with E-state index in [0.29, 0.717) is 18.7 Å². The van der Waals surface area contributed by atoms with Gasteiger partial charge in [0.1, 0.15) is 11.8 Å². The van der Waals surface area contributed by atoms with Crippen LogP contribution >= 0.6 is 0 Å². The van der Waals surface area contributed by atoms with Crippen molar-refractivity contribution >= 4 is 21.6 Å². The van der Waals surface area contributed by atoms with Gasteiger partial charge < -0.3 is 10.4 Å². The fourth-order valence-corrected chi connectivity index (χ4v) is 6.09. The fourth-order valence-electron chi connectivity index (χ4n) is 4.39. The molecule has 3 unspecified atom stereocenters. The van der Waals surface area contributed by atoms with Crippen molar-refractivity contribution in [1.29, 1.82) is 0 Å². The second kappa shape index (κ2) is 9.19. The number of piperidine rings is 1. The van der Waals surface area contributed by atoms with Crippen LogP contribution < -0.4 is 16.2 Å². The molecule has 4 rings (SSSR count). The molecular weight excluding hydrogens is 428 g/mol. The van der Waals surface area contributed by atoms with Gasteiger partial charge in [-0.2, -0.15) is 4.31 Å². The van der Waals surface area contributed by atoms with Crippen molar-refractivity contribution in [2.24, 2.45) is 0 Å². The maximum Gasteiger partial charge on any atom is 0.243 e. The van der Waals surface area contributed by atoms with Gasteiger partial charge in [0, 0.05) is 23.8 Å². The van der Waals surface area contributed by atoms with E-state index in [4.69, 9.17) is 0 Å². The second-order valence-corrected chi connectivity index (χ2v) is 10.6. The quantitative estimate of drug-likeness (QED) is 0.548. The first-order valence-corrected chi connectivity index (χ1v) is 12.4. The highest BCUT2D eigenvalue weighted by Crippen LogP contribution is 2.31. The van der Waals surface area contributed by atoms with E-state index in [9.17, 15) is 18.3 Å². The molecule has 0 aliphatic carbocycles. The van der Waals surface area contributed by atoms with Crippen LogP contribution in [0.1, 0.15) is 49.8 Å². The van der Waals surface area contributed by atoms with E-state index in [1.807, 2.05) is 26.0 Å². The molecule has 0 radical (unpaired) electrons. The summed E-state index contributed by atoms with van der Waals surface area (Å²) in [7, 11) is -3.54.